The summed E-state index contributed by atoms with van der Waals surface area (Å²) in [6.07, 6.45) is 0.117. The highest BCUT2D eigenvalue weighted by atomic mass is 32.2. The van der Waals surface area contributed by atoms with Crippen molar-refractivity contribution in [1.29, 1.82) is 0 Å². The van der Waals surface area contributed by atoms with Crippen molar-refractivity contribution in [2.75, 3.05) is 0 Å². The first-order valence-corrected chi connectivity index (χ1v) is 14.1. The lowest BCUT2D eigenvalue weighted by Crippen LogP contribution is -2.55. The molecule has 0 saturated heterocycles. The third kappa shape index (κ3) is 6.87. The molecule has 0 aliphatic rings. The summed E-state index contributed by atoms with van der Waals surface area (Å²) in [6.45, 7) is 3.63. The number of para-hydroxylation sites is 1. The molecule has 0 spiro atoms. The number of benzene rings is 3. The van der Waals surface area contributed by atoms with Gasteiger partial charge in [0.25, 0.3) is 10.0 Å². The van der Waals surface area contributed by atoms with Crippen LogP contribution in [0.4, 0.5) is 0 Å². The van der Waals surface area contributed by atoms with E-state index in [4.69, 9.17) is 0 Å². The molecule has 1 heterocycles. The molecule has 1 aromatic heterocycles. The Morgan fingerprint density at radius 1 is 0.872 bits per heavy atom. The highest BCUT2D eigenvalue weighted by molar-refractivity contribution is 7.89. The fraction of sp³-hybridized carbons (Fsp3) is 0.250. The quantitative estimate of drug-likeness (QED) is 0.211. The number of rotatable bonds is 11. The number of sulfonamides is 1. The molecule has 0 bridgehead atoms. The molecular formula is C28H30BN3O6S. The van der Waals surface area contributed by atoms with E-state index in [9.17, 15) is 28.1 Å². The van der Waals surface area contributed by atoms with E-state index in [0.717, 1.165) is 21.7 Å². The lowest BCUT2D eigenvalue weighted by Gasteiger charge is -2.24. The van der Waals surface area contributed by atoms with Crippen molar-refractivity contribution in [2.24, 2.45) is 5.92 Å². The summed E-state index contributed by atoms with van der Waals surface area (Å²) >= 11 is 0. The summed E-state index contributed by atoms with van der Waals surface area (Å²) in [5.41, 5.74) is 0.228. The third-order valence-corrected chi connectivity index (χ3v) is 7.76. The number of carbonyl (C=O) groups excluding carboxylic acids is 2. The minimum Gasteiger partial charge on any atom is -0.421 e. The number of nitrogens with one attached hydrogen (secondary N) is 2. The molecule has 4 N–H and O–H groups in total. The Morgan fingerprint density at radius 3 is 2.26 bits per heavy atom. The number of pyridine rings is 1. The predicted octanol–water partition coefficient (Wildman–Crippen LogP) is 2.39. The molecule has 9 nitrogen and oxygen atoms in total. The molecule has 0 aliphatic carbocycles. The largest absolute Gasteiger partial charge is 0.529 e. The van der Waals surface area contributed by atoms with Crippen molar-refractivity contribution in [2.45, 2.75) is 43.8 Å². The van der Waals surface area contributed by atoms with E-state index in [1.54, 1.807) is 24.3 Å². The van der Waals surface area contributed by atoms with Gasteiger partial charge in [-0.15, -0.1) is 0 Å². The van der Waals surface area contributed by atoms with Crippen molar-refractivity contribution >= 4 is 50.4 Å². The Hall–Kier alpha value is -3.64. The Morgan fingerprint density at radius 2 is 1.54 bits per heavy atom. The average molecular weight is 547 g/mol. The Balaban J connectivity index is 1.70. The molecule has 39 heavy (non-hydrogen) atoms. The molecule has 0 saturated carbocycles. The van der Waals surface area contributed by atoms with Crippen LogP contribution in [0.3, 0.4) is 0 Å². The summed E-state index contributed by atoms with van der Waals surface area (Å²) in [6, 6.07) is 20.6. The lowest BCUT2D eigenvalue weighted by molar-refractivity contribution is -0.127. The Kier molecular flexibility index (Phi) is 8.76. The van der Waals surface area contributed by atoms with E-state index in [1.165, 1.54) is 6.07 Å². The normalized spacial score (nSPS) is 13.4. The van der Waals surface area contributed by atoms with Crippen LogP contribution in [0, 0.1) is 5.92 Å². The number of hydrogen-bond donors (Lipinski definition) is 4. The minimum atomic E-state index is -4.27. The van der Waals surface area contributed by atoms with Crippen LogP contribution in [-0.4, -0.2) is 54.2 Å². The van der Waals surface area contributed by atoms with Crippen LogP contribution in [0.1, 0.15) is 25.8 Å². The molecule has 0 unspecified atom stereocenters. The number of amides is 1. The fourth-order valence-corrected chi connectivity index (χ4v) is 5.64. The zero-order chi connectivity index (χ0) is 28.2. The van der Waals surface area contributed by atoms with Gasteiger partial charge in [-0.2, -0.15) is 4.72 Å². The topological polar surface area (TPSA) is 146 Å². The molecule has 1 amide bonds. The molecule has 11 heteroatoms. The molecule has 4 rings (SSSR count). The maximum absolute atomic E-state index is 13.6. The van der Waals surface area contributed by atoms with Crippen molar-refractivity contribution in [3.63, 3.8) is 0 Å². The smallest absolute Gasteiger partial charge is 0.421 e. The van der Waals surface area contributed by atoms with Crippen molar-refractivity contribution < 1.29 is 28.1 Å². The summed E-state index contributed by atoms with van der Waals surface area (Å²) in [4.78, 5) is 30.3. The van der Waals surface area contributed by atoms with E-state index in [0.29, 0.717) is 5.52 Å². The van der Waals surface area contributed by atoms with Crippen LogP contribution in [0.15, 0.2) is 83.9 Å². The maximum atomic E-state index is 13.6. The lowest BCUT2D eigenvalue weighted by atomic mass is 9.77. The molecule has 3 aromatic carbocycles. The van der Waals surface area contributed by atoms with Crippen LogP contribution in [0.25, 0.3) is 21.7 Å². The number of carbonyl (C=O) groups is 2. The van der Waals surface area contributed by atoms with Gasteiger partial charge in [0.1, 0.15) is 6.04 Å². The van der Waals surface area contributed by atoms with Gasteiger partial charge in [0.15, 0.2) is 10.7 Å². The van der Waals surface area contributed by atoms with Gasteiger partial charge < -0.3 is 20.2 Å². The maximum Gasteiger partial charge on any atom is 0.529 e. The fourth-order valence-electron chi connectivity index (χ4n) is 4.49. The van der Waals surface area contributed by atoms with Crippen molar-refractivity contribution in [3.05, 3.63) is 84.4 Å². The summed E-state index contributed by atoms with van der Waals surface area (Å²) in [5.74, 6) is -0.833. The zero-order valence-electron chi connectivity index (χ0n) is 21.6. The summed E-state index contributed by atoms with van der Waals surface area (Å²) in [5, 5.41) is 23.8. The van der Waals surface area contributed by atoms with Crippen LogP contribution < -0.4 is 10.0 Å². The van der Waals surface area contributed by atoms with E-state index in [2.05, 4.69) is 15.0 Å². The second-order valence-corrected chi connectivity index (χ2v) is 11.5. The first-order valence-electron chi connectivity index (χ1n) is 12.6. The van der Waals surface area contributed by atoms with Gasteiger partial charge in [0, 0.05) is 5.39 Å². The second-order valence-electron chi connectivity index (χ2n) is 9.83. The van der Waals surface area contributed by atoms with Gasteiger partial charge in [0.05, 0.1) is 11.6 Å². The number of hydrogen-bond acceptors (Lipinski definition) is 7. The first-order chi connectivity index (χ1) is 18.5. The molecular weight excluding hydrogens is 517 g/mol. The van der Waals surface area contributed by atoms with E-state index >= 15 is 0 Å². The SMILES string of the molecule is CC(C)C[C@H](NC(=O)[C@H](Cc1cccc2ccccc12)NS(=O)(=O)c1ccc2ccccc2n1)C(=O)B(O)O. The van der Waals surface area contributed by atoms with Crippen molar-refractivity contribution in [3.8, 4) is 0 Å². The van der Waals surface area contributed by atoms with Crippen LogP contribution in [-0.2, 0) is 26.0 Å². The van der Waals surface area contributed by atoms with Gasteiger partial charge in [-0.1, -0.05) is 74.5 Å². The zero-order valence-corrected chi connectivity index (χ0v) is 22.4. The average Bonchev–Trinajstić information content (AvgIpc) is 2.91. The predicted molar refractivity (Wildman–Crippen MR) is 150 cm³/mol. The number of fused-ring (bicyclic) bond motifs is 2. The van der Waals surface area contributed by atoms with Gasteiger partial charge in [-0.25, -0.2) is 13.4 Å². The van der Waals surface area contributed by atoms with Gasteiger partial charge >= 0.3 is 7.12 Å². The molecule has 2 atom stereocenters. The highest BCUT2D eigenvalue weighted by Crippen LogP contribution is 2.21. The second kappa shape index (κ2) is 12.0. The van der Waals surface area contributed by atoms with Gasteiger partial charge in [-0.05, 0) is 53.3 Å². The molecule has 0 fully saturated rings. The van der Waals surface area contributed by atoms with E-state index < -0.39 is 40.8 Å². The third-order valence-electron chi connectivity index (χ3n) is 6.39. The Labute approximate surface area is 227 Å². The Bertz CT molecular complexity index is 1600. The van der Waals surface area contributed by atoms with Crippen LogP contribution >= 0.6 is 0 Å². The summed E-state index contributed by atoms with van der Waals surface area (Å²) < 4.78 is 29.4. The van der Waals surface area contributed by atoms with Gasteiger partial charge in [-0.3, -0.25) is 4.79 Å². The first kappa shape index (κ1) is 28.4. The van der Waals surface area contributed by atoms with Crippen molar-refractivity contribution in [1.82, 2.24) is 15.0 Å². The van der Waals surface area contributed by atoms with Crippen LogP contribution in [0.5, 0.6) is 0 Å². The molecule has 0 radical (unpaired) electrons. The molecule has 4 aromatic rings. The summed E-state index contributed by atoms with van der Waals surface area (Å²) in [7, 11) is -6.54. The minimum absolute atomic E-state index is 0.0235. The van der Waals surface area contributed by atoms with E-state index in [1.807, 2.05) is 62.4 Å². The van der Waals surface area contributed by atoms with Crippen LogP contribution in [0.2, 0.25) is 0 Å². The van der Waals surface area contributed by atoms with E-state index in [-0.39, 0.29) is 23.8 Å². The van der Waals surface area contributed by atoms with Gasteiger partial charge in [0.2, 0.25) is 5.91 Å². The highest BCUT2D eigenvalue weighted by Gasteiger charge is 2.34. The monoisotopic (exact) mass is 547 g/mol. The standard InChI is InChI=1S/C28H30BN3O6S/c1-18(2)16-24(27(33)29(35)36)31-28(34)25(17-21-11-7-10-19-8-3-5-12-22(19)21)32-39(37,38)26-15-14-20-9-4-6-13-23(20)30-26/h3-15,18,24-25,32,35-36H,16-17H2,1-2H3,(H,31,34)/t24-,25-/m0/s1. The molecule has 0 aliphatic heterocycles. The number of aromatic nitrogens is 1. The molecule has 202 valence electrons. The number of nitrogens with zero attached hydrogens (tertiary/aromatic N) is 1.